The van der Waals surface area contributed by atoms with Gasteiger partial charge in [0.1, 0.15) is 12.3 Å². The highest BCUT2D eigenvalue weighted by Gasteiger charge is 2.41. The summed E-state index contributed by atoms with van der Waals surface area (Å²) < 4.78 is 10.6. The molecule has 0 radical (unpaired) electrons. The van der Waals surface area contributed by atoms with Gasteiger partial charge in [-0.1, -0.05) is 11.6 Å². The van der Waals surface area contributed by atoms with Crippen molar-refractivity contribution < 1.29 is 23.9 Å². The smallest absolute Gasteiger partial charge is 0.311 e. The SMILES string of the molecule is CCOC(=O)Cc1csc(NC(=O)CN2C(=O)C(C)(C)Oc3ccc(Cl)cc32)n1. The molecule has 1 N–H and O–H groups in total. The van der Waals surface area contributed by atoms with Crippen LogP contribution in [0.5, 0.6) is 5.75 Å². The number of thiazole rings is 1. The van der Waals surface area contributed by atoms with E-state index in [1.54, 1.807) is 44.4 Å². The summed E-state index contributed by atoms with van der Waals surface area (Å²) in [7, 11) is 0. The number of anilines is 2. The third kappa shape index (κ3) is 4.86. The maximum atomic E-state index is 12.8. The zero-order chi connectivity index (χ0) is 21.2. The minimum absolute atomic E-state index is 0.0300. The highest BCUT2D eigenvalue weighted by Crippen LogP contribution is 2.39. The van der Waals surface area contributed by atoms with Gasteiger partial charge in [-0.25, -0.2) is 4.98 Å². The van der Waals surface area contributed by atoms with Gasteiger partial charge in [0.05, 0.1) is 24.4 Å². The molecule has 0 saturated carbocycles. The summed E-state index contributed by atoms with van der Waals surface area (Å²) in [6.45, 7) is 5.07. The van der Waals surface area contributed by atoms with Gasteiger partial charge in [-0.3, -0.25) is 19.3 Å². The first-order chi connectivity index (χ1) is 13.7. The van der Waals surface area contributed by atoms with Crippen LogP contribution in [0.4, 0.5) is 10.8 Å². The van der Waals surface area contributed by atoms with Gasteiger partial charge in [0.15, 0.2) is 10.7 Å². The number of carbonyl (C=O) groups excluding carboxylic acids is 3. The lowest BCUT2D eigenvalue weighted by Crippen LogP contribution is -2.54. The normalized spacial score (nSPS) is 14.8. The van der Waals surface area contributed by atoms with Crippen molar-refractivity contribution in [1.82, 2.24) is 4.98 Å². The lowest BCUT2D eigenvalue weighted by atomic mass is 10.0. The van der Waals surface area contributed by atoms with E-state index >= 15 is 0 Å². The van der Waals surface area contributed by atoms with Gasteiger partial charge < -0.3 is 14.8 Å². The van der Waals surface area contributed by atoms with Crippen LogP contribution in [0.25, 0.3) is 0 Å². The molecule has 10 heteroatoms. The Morgan fingerprint density at radius 2 is 2.14 bits per heavy atom. The molecule has 8 nitrogen and oxygen atoms in total. The van der Waals surface area contributed by atoms with Crippen LogP contribution in [0, 0.1) is 0 Å². The molecule has 2 heterocycles. The van der Waals surface area contributed by atoms with Crippen molar-refractivity contribution in [3.8, 4) is 5.75 Å². The molecule has 1 aliphatic rings. The number of esters is 1. The molecule has 1 aliphatic heterocycles. The van der Waals surface area contributed by atoms with E-state index in [1.165, 1.54) is 16.2 Å². The van der Waals surface area contributed by atoms with E-state index in [1.807, 2.05) is 0 Å². The molecule has 29 heavy (non-hydrogen) atoms. The van der Waals surface area contributed by atoms with Crippen LogP contribution in [0.3, 0.4) is 0 Å². The number of fused-ring (bicyclic) bond motifs is 1. The van der Waals surface area contributed by atoms with Crippen LogP contribution in [0.1, 0.15) is 26.5 Å². The van der Waals surface area contributed by atoms with E-state index in [0.717, 1.165) is 0 Å². The fraction of sp³-hybridized carbons (Fsp3) is 0.368. The second-order valence-corrected chi connectivity index (χ2v) is 8.08. The Kier molecular flexibility index (Phi) is 6.09. The van der Waals surface area contributed by atoms with Crippen LogP contribution >= 0.6 is 22.9 Å². The lowest BCUT2D eigenvalue weighted by Gasteiger charge is -2.38. The van der Waals surface area contributed by atoms with Gasteiger partial charge in [-0.15, -0.1) is 11.3 Å². The van der Waals surface area contributed by atoms with E-state index in [2.05, 4.69) is 10.3 Å². The second kappa shape index (κ2) is 8.38. The quantitative estimate of drug-likeness (QED) is 0.697. The second-order valence-electron chi connectivity index (χ2n) is 6.79. The van der Waals surface area contributed by atoms with Crippen molar-refractivity contribution in [2.45, 2.75) is 32.8 Å². The van der Waals surface area contributed by atoms with E-state index < -0.39 is 11.5 Å². The summed E-state index contributed by atoms with van der Waals surface area (Å²) in [5.74, 6) is -0.702. The number of benzene rings is 1. The van der Waals surface area contributed by atoms with Gasteiger partial charge in [-0.05, 0) is 39.0 Å². The Morgan fingerprint density at radius 3 is 2.86 bits per heavy atom. The van der Waals surface area contributed by atoms with E-state index in [4.69, 9.17) is 21.1 Å². The van der Waals surface area contributed by atoms with Gasteiger partial charge in [0.2, 0.25) is 5.91 Å². The zero-order valence-electron chi connectivity index (χ0n) is 16.2. The van der Waals surface area contributed by atoms with Crippen molar-refractivity contribution in [3.63, 3.8) is 0 Å². The number of carbonyl (C=O) groups is 3. The minimum atomic E-state index is -1.12. The molecule has 1 aromatic heterocycles. The number of hydrogen-bond donors (Lipinski definition) is 1. The highest BCUT2D eigenvalue weighted by atomic mass is 35.5. The van der Waals surface area contributed by atoms with Gasteiger partial charge >= 0.3 is 5.97 Å². The number of rotatable bonds is 6. The molecular formula is C19H20ClN3O5S. The third-order valence-corrected chi connectivity index (χ3v) is 5.11. The Balaban J connectivity index is 1.72. The number of halogens is 1. The average molecular weight is 438 g/mol. The summed E-state index contributed by atoms with van der Waals surface area (Å²) in [5.41, 5.74) is -0.182. The summed E-state index contributed by atoms with van der Waals surface area (Å²) in [6.07, 6.45) is 0.0300. The van der Waals surface area contributed by atoms with Crippen LogP contribution in [0.2, 0.25) is 5.02 Å². The first-order valence-electron chi connectivity index (χ1n) is 8.90. The third-order valence-electron chi connectivity index (χ3n) is 4.07. The Bertz CT molecular complexity index is 959. The summed E-state index contributed by atoms with van der Waals surface area (Å²) >= 11 is 7.24. The van der Waals surface area contributed by atoms with Crippen LogP contribution < -0.4 is 15.0 Å². The summed E-state index contributed by atoms with van der Waals surface area (Å²) in [6, 6.07) is 4.91. The molecular weight excluding hydrogens is 418 g/mol. The molecule has 3 rings (SSSR count). The van der Waals surface area contributed by atoms with Gasteiger partial charge in [0, 0.05) is 10.4 Å². The topological polar surface area (TPSA) is 97.8 Å². The van der Waals surface area contributed by atoms with E-state index in [-0.39, 0.29) is 24.8 Å². The molecule has 154 valence electrons. The van der Waals surface area contributed by atoms with Crippen LogP contribution in [-0.4, -0.2) is 41.5 Å². The number of aromatic nitrogens is 1. The summed E-state index contributed by atoms with van der Waals surface area (Å²) in [4.78, 5) is 42.5. The van der Waals surface area contributed by atoms with E-state index in [9.17, 15) is 14.4 Å². The molecule has 0 spiro atoms. The number of nitrogens with zero attached hydrogens (tertiary/aromatic N) is 2. The predicted molar refractivity (Wildman–Crippen MR) is 110 cm³/mol. The number of hydrogen-bond acceptors (Lipinski definition) is 7. The summed E-state index contributed by atoms with van der Waals surface area (Å²) in [5, 5.41) is 5.09. The Labute approximate surface area is 176 Å². The van der Waals surface area contributed by atoms with Crippen molar-refractivity contribution in [3.05, 3.63) is 34.3 Å². The first-order valence-corrected chi connectivity index (χ1v) is 10.2. The molecule has 0 fully saturated rings. The molecule has 0 bridgehead atoms. The predicted octanol–water partition coefficient (Wildman–Crippen LogP) is 3.04. The standard InChI is InChI=1S/C19H20ClN3O5S/c1-4-27-16(25)8-12-10-29-18(21-12)22-15(24)9-23-13-7-11(20)5-6-14(13)28-19(2,3)17(23)26/h5-7,10H,4,8-9H2,1-3H3,(H,21,22,24). The number of amides is 2. The molecule has 0 saturated heterocycles. The zero-order valence-corrected chi connectivity index (χ0v) is 17.7. The molecule has 0 aliphatic carbocycles. The number of nitrogens with one attached hydrogen (secondary N) is 1. The maximum Gasteiger partial charge on any atom is 0.311 e. The maximum absolute atomic E-state index is 12.8. The van der Waals surface area contributed by atoms with Gasteiger partial charge in [0.25, 0.3) is 5.91 Å². The molecule has 1 aromatic carbocycles. The monoisotopic (exact) mass is 437 g/mol. The van der Waals surface area contributed by atoms with Crippen molar-refractivity contribution >= 4 is 51.5 Å². The molecule has 2 amide bonds. The highest BCUT2D eigenvalue weighted by molar-refractivity contribution is 7.13. The molecule has 0 atom stereocenters. The fourth-order valence-corrected chi connectivity index (χ4v) is 3.70. The minimum Gasteiger partial charge on any atom is -0.476 e. The molecule has 0 unspecified atom stereocenters. The van der Waals surface area contributed by atoms with E-state index in [0.29, 0.717) is 33.9 Å². The number of ether oxygens (including phenoxy) is 2. The average Bonchev–Trinajstić information content (AvgIpc) is 3.06. The van der Waals surface area contributed by atoms with Crippen LogP contribution in [0.15, 0.2) is 23.6 Å². The molecule has 2 aromatic rings. The van der Waals surface area contributed by atoms with Crippen molar-refractivity contribution in [1.29, 1.82) is 0 Å². The van der Waals surface area contributed by atoms with Crippen molar-refractivity contribution in [2.75, 3.05) is 23.4 Å². The first kappa shape index (κ1) is 21.1. The van der Waals surface area contributed by atoms with Crippen LogP contribution in [-0.2, 0) is 25.5 Å². The Morgan fingerprint density at radius 1 is 1.38 bits per heavy atom. The largest absolute Gasteiger partial charge is 0.476 e. The lowest BCUT2D eigenvalue weighted by molar-refractivity contribution is -0.142. The van der Waals surface area contributed by atoms with Gasteiger partial charge in [-0.2, -0.15) is 0 Å². The Hall–Kier alpha value is -2.65. The van der Waals surface area contributed by atoms with Crippen molar-refractivity contribution in [2.24, 2.45) is 0 Å². The fourth-order valence-electron chi connectivity index (χ4n) is 2.81.